The third kappa shape index (κ3) is 2.04. The fraction of sp³-hybridized carbons (Fsp3) is 0.733. The van der Waals surface area contributed by atoms with Gasteiger partial charge in [-0.15, -0.1) is 6.58 Å². The summed E-state index contributed by atoms with van der Waals surface area (Å²) in [6.45, 7) is 11.1. The first-order chi connectivity index (χ1) is 7.09. The summed E-state index contributed by atoms with van der Waals surface area (Å²) < 4.78 is 0. The first-order valence-corrected chi connectivity index (χ1v) is 6.43. The van der Waals surface area contributed by atoms with Gasteiger partial charge in [-0.05, 0) is 63.7 Å². The molecule has 0 heterocycles. The molecule has 0 aliphatic heterocycles. The molecule has 2 rings (SSSR count). The second kappa shape index (κ2) is 4.15. The molecule has 0 amide bonds. The van der Waals surface area contributed by atoms with Crippen LogP contribution in [0.1, 0.15) is 52.9 Å². The van der Waals surface area contributed by atoms with Crippen LogP contribution in [-0.2, 0) is 0 Å². The molecule has 0 aromatic carbocycles. The van der Waals surface area contributed by atoms with Crippen LogP contribution in [-0.4, -0.2) is 0 Å². The van der Waals surface area contributed by atoms with Crippen LogP contribution in [0.15, 0.2) is 23.3 Å². The topological polar surface area (TPSA) is 0 Å². The Morgan fingerprint density at radius 1 is 1.33 bits per heavy atom. The van der Waals surface area contributed by atoms with Gasteiger partial charge in [-0.25, -0.2) is 0 Å². The van der Waals surface area contributed by atoms with Crippen LogP contribution in [0, 0.1) is 17.8 Å². The molecule has 0 aromatic rings. The van der Waals surface area contributed by atoms with Gasteiger partial charge in [0.1, 0.15) is 0 Å². The second-order valence-electron chi connectivity index (χ2n) is 5.79. The molecule has 2 aliphatic carbocycles. The van der Waals surface area contributed by atoms with Gasteiger partial charge < -0.3 is 0 Å². The maximum atomic E-state index is 4.08. The lowest BCUT2D eigenvalue weighted by atomic mass is 9.70. The average molecular weight is 204 g/mol. The highest BCUT2D eigenvalue weighted by Gasteiger charge is 2.36. The summed E-state index contributed by atoms with van der Waals surface area (Å²) in [5.74, 6) is 2.69. The number of fused-ring (bicyclic) bond motifs is 1. The van der Waals surface area contributed by atoms with Gasteiger partial charge in [0.05, 0.1) is 0 Å². The number of hydrogen-bond acceptors (Lipinski definition) is 0. The van der Waals surface area contributed by atoms with E-state index in [1.807, 2.05) is 5.57 Å². The van der Waals surface area contributed by atoms with E-state index in [1.54, 1.807) is 5.57 Å². The molecule has 84 valence electrons. The molecule has 1 saturated carbocycles. The van der Waals surface area contributed by atoms with Crippen LogP contribution < -0.4 is 0 Å². The summed E-state index contributed by atoms with van der Waals surface area (Å²) in [7, 11) is 0. The van der Waals surface area contributed by atoms with E-state index in [4.69, 9.17) is 0 Å². The maximum Gasteiger partial charge on any atom is -0.0161 e. The first-order valence-electron chi connectivity index (χ1n) is 6.43. The van der Waals surface area contributed by atoms with E-state index in [9.17, 15) is 0 Å². The molecule has 0 radical (unpaired) electrons. The average Bonchev–Trinajstić information content (AvgIpc) is 2.54. The van der Waals surface area contributed by atoms with E-state index in [1.165, 1.54) is 37.7 Å². The Kier molecular flexibility index (Phi) is 3.04. The lowest BCUT2D eigenvalue weighted by Gasteiger charge is -2.35. The van der Waals surface area contributed by atoms with Crippen LogP contribution >= 0.6 is 0 Å². The van der Waals surface area contributed by atoms with Crippen molar-refractivity contribution in [1.29, 1.82) is 0 Å². The van der Waals surface area contributed by atoms with Gasteiger partial charge in [0.2, 0.25) is 0 Å². The third-order valence-corrected chi connectivity index (χ3v) is 4.41. The van der Waals surface area contributed by atoms with Crippen LogP contribution in [0.4, 0.5) is 0 Å². The van der Waals surface area contributed by atoms with E-state index in [0.717, 1.165) is 17.8 Å². The van der Waals surface area contributed by atoms with Gasteiger partial charge in [-0.2, -0.15) is 0 Å². The van der Waals surface area contributed by atoms with Crippen molar-refractivity contribution in [3.8, 4) is 0 Å². The Hall–Kier alpha value is -0.520. The van der Waals surface area contributed by atoms with Crippen molar-refractivity contribution in [1.82, 2.24) is 0 Å². The minimum atomic E-state index is 0.839. The fourth-order valence-electron chi connectivity index (χ4n) is 3.68. The van der Waals surface area contributed by atoms with Gasteiger partial charge >= 0.3 is 0 Å². The second-order valence-corrected chi connectivity index (χ2v) is 5.79. The summed E-state index contributed by atoms with van der Waals surface area (Å²) >= 11 is 0. The molecule has 0 aromatic heterocycles. The van der Waals surface area contributed by atoms with E-state index in [0.29, 0.717) is 0 Å². The lowest BCUT2D eigenvalue weighted by Crippen LogP contribution is -2.24. The minimum absolute atomic E-state index is 0.839. The van der Waals surface area contributed by atoms with Crippen molar-refractivity contribution in [2.24, 2.45) is 17.8 Å². The van der Waals surface area contributed by atoms with Crippen LogP contribution in [0.25, 0.3) is 0 Å². The molecule has 1 fully saturated rings. The lowest BCUT2D eigenvalue weighted by molar-refractivity contribution is 0.277. The van der Waals surface area contributed by atoms with Gasteiger partial charge in [0.15, 0.2) is 0 Å². The third-order valence-electron chi connectivity index (χ3n) is 4.41. The standard InChI is InChI=1S/C15H24/c1-10(2)9-13-7-5-11(3)14-8-6-12(4)15(13)14/h11,13-14H,1,5-9H2,2-4H3/t11-,13+,14-/m1/s1. The molecule has 0 unspecified atom stereocenters. The van der Waals surface area contributed by atoms with Crippen LogP contribution in [0.3, 0.4) is 0 Å². The van der Waals surface area contributed by atoms with Gasteiger partial charge in [0, 0.05) is 0 Å². The zero-order valence-corrected chi connectivity index (χ0v) is 10.5. The maximum absolute atomic E-state index is 4.08. The summed E-state index contributed by atoms with van der Waals surface area (Å²) in [5, 5.41) is 0. The highest BCUT2D eigenvalue weighted by molar-refractivity contribution is 5.27. The Labute approximate surface area is 94.5 Å². The fourth-order valence-corrected chi connectivity index (χ4v) is 3.68. The molecule has 3 atom stereocenters. The summed E-state index contributed by atoms with van der Waals surface area (Å²) in [5.41, 5.74) is 4.90. The molecular formula is C15H24. The zero-order chi connectivity index (χ0) is 11.0. The molecular weight excluding hydrogens is 180 g/mol. The van der Waals surface area contributed by atoms with Crippen LogP contribution in [0.5, 0.6) is 0 Å². The Morgan fingerprint density at radius 2 is 2.07 bits per heavy atom. The van der Waals surface area contributed by atoms with E-state index in [-0.39, 0.29) is 0 Å². The number of rotatable bonds is 2. The van der Waals surface area contributed by atoms with Gasteiger partial charge in [0.25, 0.3) is 0 Å². The van der Waals surface area contributed by atoms with Gasteiger partial charge in [-0.1, -0.05) is 23.6 Å². The predicted molar refractivity (Wildman–Crippen MR) is 66.7 cm³/mol. The SMILES string of the molecule is C=C(C)C[C@@H]1CC[C@@H](C)[C@H]2CCC(C)=C12. The molecule has 0 saturated heterocycles. The highest BCUT2D eigenvalue weighted by atomic mass is 14.4. The number of hydrogen-bond donors (Lipinski definition) is 0. The van der Waals surface area contributed by atoms with Crippen molar-refractivity contribution in [2.75, 3.05) is 0 Å². The molecule has 0 heteroatoms. The van der Waals surface area contributed by atoms with Crippen molar-refractivity contribution in [2.45, 2.75) is 52.9 Å². The molecule has 0 spiro atoms. The largest absolute Gasteiger partial charge is 0.100 e. The van der Waals surface area contributed by atoms with Crippen molar-refractivity contribution in [3.63, 3.8) is 0 Å². The molecule has 0 bridgehead atoms. The molecule has 2 aliphatic rings. The normalized spacial score (nSPS) is 35.5. The van der Waals surface area contributed by atoms with E-state index >= 15 is 0 Å². The van der Waals surface area contributed by atoms with Crippen molar-refractivity contribution < 1.29 is 0 Å². The molecule has 0 N–H and O–H groups in total. The summed E-state index contributed by atoms with van der Waals surface area (Å²) in [6.07, 6.45) is 6.85. The highest BCUT2D eigenvalue weighted by Crippen LogP contribution is 2.49. The van der Waals surface area contributed by atoms with E-state index < -0.39 is 0 Å². The smallest absolute Gasteiger partial charge is 0.0161 e. The van der Waals surface area contributed by atoms with E-state index in [2.05, 4.69) is 27.4 Å². The Bertz CT molecular complexity index is 295. The first kappa shape index (κ1) is 11.0. The van der Waals surface area contributed by atoms with Crippen molar-refractivity contribution in [3.05, 3.63) is 23.3 Å². The van der Waals surface area contributed by atoms with Crippen LogP contribution in [0.2, 0.25) is 0 Å². The predicted octanol–water partition coefficient (Wildman–Crippen LogP) is 4.73. The number of allylic oxidation sites excluding steroid dienone is 3. The zero-order valence-electron chi connectivity index (χ0n) is 10.5. The summed E-state index contributed by atoms with van der Waals surface area (Å²) in [4.78, 5) is 0. The summed E-state index contributed by atoms with van der Waals surface area (Å²) in [6, 6.07) is 0. The quantitative estimate of drug-likeness (QED) is 0.571. The Balaban J connectivity index is 2.20. The Morgan fingerprint density at radius 3 is 2.73 bits per heavy atom. The minimum Gasteiger partial charge on any atom is -0.100 e. The van der Waals surface area contributed by atoms with Gasteiger partial charge in [-0.3, -0.25) is 0 Å². The monoisotopic (exact) mass is 204 g/mol. The molecule has 15 heavy (non-hydrogen) atoms. The van der Waals surface area contributed by atoms with Crippen molar-refractivity contribution >= 4 is 0 Å². The molecule has 0 nitrogen and oxygen atoms in total.